The van der Waals surface area contributed by atoms with Gasteiger partial charge in [-0.15, -0.1) is 0 Å². The summed E-state index contributed by atoms with van der Waals surface area (Å²) in [5, 5.41) is 8.00. The van der Waals surface area contributed by atoms with Crippen molar-refractivity contribution in [2.45, 2.75) is 33.3 Å². The van der Waals surface area contributed by atoms with E-state index in [1.54, 1.807) is 13.8 Å². The minimum Gasteiger partial charge on any atom is -0.463 e. The molecule has 1 unspecified atom stereocenters. The lowest BCUT2D eigenvalue weighted by Gasteiger charge is -2.09. The maximum atomic E-state index is 11.0. The zero-order chi connectivity index (χ0) is 10.4. The maximum Gasteiger partial charge on any atom is 0.345 e. The number of carbonyl (C=O) groups is 2. The van der Waals surface area contributed by atoms with Gasteiger partial charge in [0.15, 0.2) is 0 Å². The van der Waals surface area contributed by atoms with Crippen molar-refractivity contribution in [3.8, 4) is 0 Å². The number of ether oxygens (including phenoxy) is 1. The zero-order valence-corrected chi connectivity index (χ0v) is 7.94. The fraction of sp³-hybridized carbons (Fsp3) is 0.750. The van der Waals surface area contributed by atoms with E-state index in [-0.39, 0.29) is 12.5 Å². The van der Waals surface area contributed by atoms with Crippen molar-refractivity contribution < 1.29 is 24.5 Å². The van der Waals surface area contributed by atoms with E-state index < -0.39 is 17.9 Å². The molecule has 0 aliphatic carbocycles. The van der Waals surface area contributed by atoms with Crippen LogP contribution in [0.15, 0.2) is 0 Å². The van der Waals surface area contributed by atoms with Crippen LogP contribution in [0.25, 0.3) is 0 Å². The second kappa shape index (κ2) is 5.53. The first-order valence-corrected chi connectivity index (χ1v) is 4.02. The Morgan fingerprint density at radius 2 is 1.85 bits per heavy atom. The Labute approximate surface area is 76.6 Å². The lowest BCUT2D eigenvalue weighted by atomic mass is 10.1. The Morgan fingerprint density at radius 3 is 2.23 bits per heavy atom. The summed E-state index contributed by atoms with van der Waals surface area (Å²) in [7, 11) is 0. The molecule has 0 saturated carbocycles. The van der Waals surface area contributed by atoms with E-state index in [0.29, 0.717) is 0 Å². The molecule has 5 nitrogen and oxygen atoms in total. The first kappa shape index (κ1) is 11.9. The van der Waals surface area contributed by atoms with Crippen molar-refractivity contribution in [2.75, 3.05) is 0 Å². The van der Waals surface area contributed by atoms with Crippen LogP contribution in [-0.4, -0.2) is 23.3 Å². The van der Waals surface area contributed by atoms with Crippen LogP contribution in [0.1, 0.15) is 27.2 Å². The summed E-state index contributed by atoms with van der Waals surface area (Å²) in [6.07, 6.45) is -0.290. The van der Waals surface area contributed by atoms with Crippen molar-refractivity contribution in [1.82, 2.24) is 0 Å². The molecule has 0 fully saturated rings. The van der Waals surface area contributed by atoms with Crippen LogP contribution in [0.2, 0.25) is 0 Å². The molecule has 0 amide bonds. The molecule has 1 N–H and O–H groups in total. The summed E-state index contributed by atoms with van der Waals surface area (Å²) >= 11 is 0. The van der Waals surface area contributed by atoms with E-state index in [1.165, 1.54) is 6.92 Å². The number of rotatable bonds is 4. The molecule has 0 heterocycles. The summed E-state index contributed by atoms with van der Waals surface area (Å²) in [4.78, 5) is 25.1. The van der Waals surface area contributed by atoms with Gasteiger partial charge in [0.25, 0.3) is 0 Å². The molecule has 0 bridgehead atoms. The van der Waals surface area contributed by atoms with Crippen LogP contribution in [0.4, 0.5) is 0 Å². The highest BCUT2D eigenvalue weighted by atomic mass is 17.1. The molecule has 0 aromatic heterocycles. The molecule has 0 aliphatic rings. The van der Waals surface area contributed by atoms with E-state index in [9.17, 15) is 9.59 Å². The Bertz CT molecular complexity index is 187. The highest BCUT2D eigenvalue weighted by molar-refractivity contribution is 5.79. The Morgan fingerprint density at radius 1 is 1.31 bits per heavy atom. The van der Waals surface area contributed by atoms with Gasteiger partial charge in [-0.05, 0) is 13.8 Å². The standard InChI is InChI=1S/C8H14O5/c1-5(2)12-7(9)4-6(3)8(10)13-11/h5-6,11H,4H2,1-3H3. The summed E-state index contributed by atoms with van der Waals surface area (Å²) < 4.78 is 4.79. The molecular weight excluding hydrogens is 176 g/mol. The Kier molecular flexibility index (Phi) is 5.06. The first-order valence-electron chi connectivity index (χ1n) is 4.02. The van der Waals surface area contributed by atoms with Crippen molar-refractivity contribution >= 4 is 11.9 Å². The molecule has 13 heavy (non-hydrogen) atoms. The molecule has 0 aromatic carbocycles. The fourth-order valence-electron chi connectivity index (χ4n) is 0.734. The molecular formula is C8H14O5. The third kappa shape index (κ3) is 5.19. The monoisotopic (exact) mass is 190 g/mol. The summed E-state index contributed by atoms with van der Waals surface area (Å²) in [6, 6.07) is 0. The van der Waals surface area contributed by atoms with Crippen molar-refractivity contribution in [1.29, 1.82) is 0 Å². The minimum atomic E-state index is -0.833. The summed E-state index contributed by atoms with van der Waals surface area (Å²) in [6.45, 7) is 4.90. The topological polar surface area (TPSA) is 72.8 Å². The van der Waals surface area contributed by atoms with Gasteiger partial charge in [-0.1, -0.05) is 6.92 Å². The van der Waals surface area contributed by atoms with Gasteiger partial charge in [0.1, 0.15) is 0 Å². The molecule has 0 aliphatic heterocycles. The van der Waals surface area contributed by atoms with Gasteiger partial charge in [-0.25, -0.2) is 4.79 Å². The molecule has 0 aromatic rings. The van der Waals surface area contributed by atoms with Gasteiger partial charge in [0, 0.05) is 0 Å². The normalized spacial score (nSPS) is 12.4. The fourth-order valence-corrected chi connectivity index (χ4v) is 0.734. The average molecular weight is 190 g/mol. The largest absolute Gasteiger partial charge is 0.463 e. The number of esters is 1. The van der Waals surface area contributed by atoms with Gasteiger partial charge in [0.05, 0.1) is 18.4 Å². The average Bonchev–Trinajstić information content (AvgIpc) is 2.01. The second-order valence-corrected chi connectivity index (χ2v) is 3.05. The minimum absolute atomic E-state index is 0.0857. The SMILES string of the molecule is CC(C)OC(=O)CC(C)C(=O)OO. The summed E-state index contributed by atoms with van der Waals surface area (Å²) in [5.74, 6) is -2.00. The van der Waals surface area contributed by atoms with E-state index in [0.717, 1.165) is 0 Å². The number of hydrogen-bond acceptors (Lipinski definition) is 5. The number of hydrogen-bond donors (Lipinski definition) is 1. The van der Waals surface area contributed by atoms with Gasteiger partial charge in [-0.3, -0.25) is 4.79 Å². The lowest BCUT2D eigenvalue weighted by molar-refractivity contribution is -0.238. The van der Waals surface area contributed by atoms with Crippen molar-refractivity contribution in [3.63, 3.8) is 0 Å². The van der Waals surface area contributed by atoms with Gasteiger partial charge < -0.3 is 9.62 Å². The van der Waals surface area contributed by atoms with Crippen LogP contribution in [0.3, 0.4) is 0 Å². The second-order valence-electron chi connectivity index (χ2n) is 3.05. The third-order valence-electron chi connectivity index (χ3n) is 1.33. The van der Waals surface area contributed by atoms with E-state index >= 15 is 0 Å². The van der Waals surface area contributed by atoms with Gasteiger partial charge in [-0.2, -0.15) is 5.26 Å². The quantitative estimate of drug-likeness (QED) is 0.406. The highest BCUT2D eigenvalue weighted by Crippen LogP contribution is 2.06. The third-order valence-corrected chi connectivity index (χ3v) is 1.33. The van der Waals surface area contributed by atoms with Crippen LogP contribution in [0.5, 0.6) is 0 Å². The predicted octanol–water partition coefficient (Wildman–Crippen LogP) is 0.980. The predicted molar refractivity (Wildman–Crippen MR) is 43.7 cm³/mol. The van der Waals surface area contributed by atoms with Crippen LogP contribution in [-0.2, 0) is 19.2 Å². The molecule has 0 spiro atoms. The maximum absolute atomic E-state index is 11.0. The van der Waals surface area contributed by atoms with Gasteiger partial charge >= 0.3 is 11.9 Å². The van der Waals surface area contributed by atoms with Crippen molar-refractivity contribution in [3.05, 3.63) is 0 Å². The smallest absolute Gasteiger partial charge is 0.345 e. The van der Waals surface area contributed by atoms with E-state index in [2.05, 4.69) is 4.89 Å². The Balaban J connectivity index is 3.85. The lowest BCUT2D eigenvalue weighted by Crippen LogP contribution is -2.20. The zero-order valence-electron chi connectivity index (χ0n) is 7.94. The van der Waals surface area contributed by atoms with Gasteiger partial charge in [0.2, 0.25) is 0 Å². The first-order chi connectivity index (χ1) is 5.97. The van der Waals surface area contributed by atoms with Crippen LogP contribution >= 0.6 is 0 Å². The van der Waals surface area contributed by atoms with Crippen LogP contribution in [0, 0.1) is 5.92 Å². The van der Waals surface area contributed by atoms with E-state index in [4.69, 9.17) is 9.99 Å². The molecule has 1 atom stereocenters. The molecule has 0 saturated heterocycles. The van der Waals surface area contributed by atoms with E-state index in [1.807, 2.05) is 0 Å². The molecule has 0 rings (SSSR count). The summed E-state index contributed by atoms with van der Waals surface area (Å²) in [5.41, 5.74) is 0. The highest BCUT2D eigenvalue weighted by Gasteiger charge is 2.19. The molecule has 5 heteroatoms. The number of carbonyl (C=O) groups excluding carboxylic acids is 2. The van der Waals surface area contributed by atoms with Crippen molar-refractivity contribution in [2.24, 2.45) is 5.92 Å². The molecule has 0 radical (unpaired) electrons. The Hall–Kier alpha value is -1.10. The van der Waals surface area contributed by atoms with Crippen LogP contribution < -0.4 is 0 Å². The molecule has 76 valence electrons.